The molecule has 5 heteroatoms. The summed E-state index contributed by atoms with van der Waals surface area (Å²) >= 11 is 0. The van der Waals surface area contributed by atoms with E-state index in [4.69, 9.17) is 4.42 Å². The number of amides is 1. The molecule has 1 amide bonds. The van der Waals surface area contributed by atoms with Gasteiger partial charge in [-0.25, -0.2) is 0 Å². The van der Waals surface area contributed by atoms with Crippen LogP contribution in [-0.4, -0.2) is 34.6 Å². The fraction of sp³-hybridized carbons (Fsp3) is 0.391. The number of nitrogens with one attached hydrogen (secondary N) is 1. The Morgan fingerprint density at radius 3 is 2.50 bits per heavy atom. The fourth-order valence-corrected chi connectivity index (χ4v) is 3.49. The van der Waals surface area contributed by atoms with Crippen molar-refractivity contribution >= 4 is 5.91 Å². The second kappa shape index (κ2) is 8.91. The molecule has 1 N–H and O–H groups in total. The van der Waals surface area contributed by atoms with E-state index in [1.54, 1.807) is 4.90 Å². The van der Waals surface area contributed by atoms with Crippen LogP contribution in [0.2, 0.25) is 0 Å². The van der Waals surface area contributed by atoms with Gasteiger partial charge in [0.1, 0.15) is 11.5 Å². The Bertz CT molecular complexity index is 925. The Hall–Kier alpha value is -2.82. The Balaban J connectivity index is 1.42. The van der Waals surface area contributed by atoms with Crippen LogP contribution in [0.3, 0.4) is 0 Å². The first-order valence-electron chi connectivity index (χ1n) is 9.89. The van der Waals surface area contributed by atoms with Crippen LogP contribution in [0, 0.1) is 20.8 Å². The molecule has 2 heterocycles. The van der Waals surface area contributed by atoms with E-state index in [2.05, 4.69) is 28.4 Å². The SMILES string of the molecule is Cc1oc(C)c(C(=O)N(C)CCCCCc2cc(-c3ccccc3)n[nH]2)c1C. The summed E-state index contributed by atoms with van der Waals surface area (Å²) in [7, 11) is 1.87. The van der Waals surface area contributed by atoms with Gasteiger partial charge < -0.3 is 9.32 Å². The highest BCUT2D eigenvalue weighted by Crippen LogP contribution is 2.22. The van der Waals surface area contributed by atoms with Crippen LogP contribution in [0.25, 0.3) is 11.3 Å². The molecule has 0 aliphatic rings. The summed E-state index contributed by atoms with van der Waals surface area (Å²) in [6, 6.07) is 12.3. The molecule has 0 bridgehead atoms. The van der Waals surface area contributed by atoms with Gasteiger partial charge in [0.05, 0.1) is 11.3 Å². The minimum absolute atomic E-state index is 0.0490. The summed E-state index contributed by atoms with van der Waals surface area (Å²) in [4.78, 5) is 14.5. The van der Waals surface area contributed by atoms with Crippen LogP contribution in [0.15, 0.2) is 40.8 Å². The summed E-state index contributed by atoms with van der Waals surface area (Å²) in [5, 5.41) is 7.54. The average molecular weight is 380 g/mol. The maximum atomic E-state index is 12.7. The van der Waals surface area contributed by atoms with E-state index >= 15 is 0 Å². The molecule has 0 aliphatic carbocycles. The molecule has 1 aromatic carbocycles. The molecule has 2 aromatic heterocycles. The number of aryl methyl sites for hydroxylation is 3. The van der Waals surface area contributed by atoms with E-state index in [9.17, 15) is 4.79 Å². The number of benzene rings is 1. The number of rotatable bonds is 8. The molecule has 148 valence electrons. The lowest BCUT2D eigenvalue weighted by Crippen LogP contribution is -2.28. The molecule has 0 atom stereocenters. The van der Waals surface area contributed by atoms with E-state index in [0.717, 1.165) is 60.5 Å². The largest absolute Gasteiger partial charge is 0.466 e. The Kier molecular flexibility index (Phi) is 6.34. The number of unbranched alkanes of at least 4 members (excludes halogenated alkanes) is 2. The van der Waals surface area contributed by atoms with Gasteiger partial charge in [0.15, 0.2) is 0 Å². The van der Waals surface area contributed by atoms with Gasteiger partial charge in [-0.1, -0.05) is 36.8 Å². The minimum atomic E-state index is 0.0490. The third-order valence-corrected chi connectivity index (χ3v) is 5.26. The quantitative estimate of drug-likeness (QED) is 0.555. The molecule has 0 unspecified atom stereocenters. The third-order valence-electron chi connectivity index (χ3n) is 5.26. The zero-order valence-electron chi connectivity index (χ0n) is 17.2. The van der Waals surface area contributed by atoms with E-state index in [1.807, 2.05) is 46.0 Å². The van der Waals surface area contributed by atoms with Crippen LogP contribution in [-0.2, 0) is 6.42 Å². The first-order chi connectivity index (χ1) is 13.5. The van der Waals surface area contributed by atoms with Crippen molar-refractivity contribution in [1.29, 1.82) is 0 Å². The van der Waals surface area contributed by atoms with Crippen molar-refractivity contribution in [3.63, 3.8) is 0 Å². The van der Waals surface area contributed by atoms with Crippen molar-refractivity contribution in [2.75, 3.05) is 13.6 Å². The molecule has 3 rings (SSSR count). The number of carbonyl (C=O) groups excluding carboxylic acids is 1. The molecular formula is C23H29N3O2. The molecule has 0 saturated heterocycles. The van der Waals surface area contributed by atoms with E-state index in [0.29, 0.717) is 11.3 Å². The van der Waals surface area contributed by atoms with Crippen molar-refractivity contribution in [1.82, 2.24) is 15.1 Å². The first kappa shape index (κ1) is 19.9. The first-order valence-corrected chi connectivity index (χ1v) is 9.89. The number of nitrogens with zero attached hydrogens (tertiary/aromatic N) is 2. The van der Waals surface area contributed by atoms with Gasteiger partial charge in [-0.2, -0.15) is 5.10 Å². The Morgan fingerprint density at radius 1 is 1.07 bits per heavy atom. The van der Waals surface area contributed by atoms with Gasteiger partial charge in [-0.05, 0) is 46.1 Å². The van der Waals surface area contributed by atoms with E-state index in [-0.39, 0.29) is 5.91 Å². The number of hydrogen-bond acceptors (Lipinski definition) is 3. The van der Waals surface area contributed by atoms with Gasteiger partial charge in [0.2, 0.25) is 0 Å². The number of H-pyrrole nitrogens is 1. The van der Waals surface area contributed by atoms with Crippen LogP contribution >= 0.6 is 0 Å². The average Bonchev–Trinajstić information content (AvgIpc) is 3.26. The molecular weight excluding hydrogens is 350 g/mol. The molecule has 0 spiro atoms. The predicted octanol–water partition coefficient (Wildman–Crippen LogP) is 5.08. The van der Waals surface area contributed by atoms with Crippen LogP contribution in [0.4, 0.5) is 0 Å². The van der Waals surface area contributed by atoms with Crippen molar-refractivity contribution in [2.24, 2.45) is 0 Å². The highest BCUT2D eigenvalue weighted by atomic mass is 16.3. The number of carbonyl (C=O) groups is 1. The van der Waals surface area contributed by atoms with E-state index in [1.165, 1.54) is 0 Å². The molecule has 28 heavy (non-hydrogen) atoms. The smallest absolute Gasteiger partial charge is 0.257 e. The highest BCUT2D eigenvalue weighted by Gasteiger charge is 2.21. The maximum Gasteiger partial charge on any atom is 0.257 e. The Labute approximate surface area is 166 Å². The normalized spacial score (nSPS) is 11.0. The van der Waals surface area contributed by atoms with Gasteiger partial charge in [-0.15, -0.1) is 0 Å². The summed E-state index contributed by atoms with van der Waals surface area (Å²) in [5.41, 5.74) is 4.93. The lowest BCUT2D eigenvalue weighted by molar-refractivity contribution is 0.0790. The molecule has 3 aromatic rings. The van der Waals surface area contributed by atoms with Crippen molar-refractivity contribution in [3.8, 4) is 11.3 Å². The topological polar surface area (TPSA) is 62.1 Å². The monoisotopic (exact) mass is 379 g/mol. The molecule has 5 nitrogen and oxygen atoms in total. The fourth-order valence-electron chi connectivity index (χ4n) is 3.49. The summed E-state index contributed by atoms with van der Waals surface area (Å²) < 4.78 is 5.59. The summed E-state index contributed by atoms with van der Waals surface area (Å²) in [6.07, 6.45) is 4.09. The van der Waals surface area contributed by atoms with Crippen molar-refractivity contribution in [2.45, 2.75) is 46.5 Å². The lowest BCUT2D eigenvalue weighted by Gasteiger charge is -2.17. The van der Waals surface area contributed by atoms with Crippen molar-refractivity contribution < 1.29 is 9.21 Å². The van der Waals surface area contributed by atoms with Crippen molar-refractivity contribution in [3.05, 3.63) is 64.7 Å². The van der Waals surface area contributed by atoms with Gasteiger partial charge >= 0.3 is 0 Å². The Morgan fingerprint density at radius 2 is 1.82 bits per heavy atom. The maximum absolute atomic E-state index is 12.7. The lowest BCUT2D eigenvalue weighted by atomic mass is 10.1. The van der Waals surface area contributed by atoms with Gasteiger partial charge in [0.25, 0.3) is 5.91 Å². The molecule has 0 fully saturated rings. The second-order valence-corrected chi connectivity index (χ2v) is 7.40. The number of aromatic amines is 1. The number of hydrogen-bond donors (Lipinski definition) is 1. The second-order valence-electron chi connectivity index (χ2n) is 7.40. The van der Waals surface area contributed by atoms with Crippen LogP contribution < -0.4 is 0 Å². The number of furan rings is 1. The van der Waals surface area contributed by atoms with Crippen LogP contribution in [0.5, 0.6) is 0 Å². The third kappa shape index (κ3) is 4.53. The molecule has 0 saturated carbocycles. The van der Waals surface area contributed by atoms with Gasteiger partial charge in [0, 0.05) is 30.4 Å². The predicted molar refractivity (Wildman–Crippen MR) is 111 cm³/mol. The molecule has 0 radical (unpaired) electrons. The highest BCUT2D eigenvalue weighted by molar-refractivity contribution is 5.96. The standard InChI is InChI=1S/C23H29N3O2/c1-16-17(2)28-18(3)22(16)23(27)26(4)14-10-6-9-13-20-15-21(25-24-20)19-11-7-5-8-12-19/h5,7-8,11-12,15H,6,9-10,13-14H2,1-4H3,(H,24,25). The molecule has 0 aliphatic heterocycles. The minimum Gasteiger partial charge on any atom is -0.466 e. The van der Waals surface area contributed by atoms with Crippen LogP contribution in [0.1, 0.15) is 52.4 Å². The van der Waals surface area contributed by atoms with Gasteiger partial charge in [-0.3, -0.25) is 9.89 Å². The zero-order chi connectivity index (χ0) is 20.1. The number of aromatic nitrogens is 2. The zero-order valence-corrected chi connectivity index (χ0v) is 17.2. The summed E-state index contributed by atoms with van der Waals surface area (Å²) in [6.45, 7) is 6.45. The van der Waals surface area contributed by atoms with E-state index < -0.39 is 0 Å². The summed E-state index contributed by atoms with van der Waals surface area (Å²) in [5.74, 6) is 1.58.